The van der Waals surface area contributed by atoms with Crippen LogP contribution in [0.3, 0.4) is 0 Å². The van der Waals surface area contributed by atoms with E-state index in [0.717, 1.165) is 22.3 Å². The number of hydrogen-bond donors (Lipinski definition) is 3. The molecule has 0 heterocycles. The minimum Gasteiger partial charge on any atom is -0.479 e. The number of hydrogen-bond acceptors (Lipinski definition) is 4. The van der Waals surface area contributed by atoms with Crippen molar-refractivity contribution in [2.45, 2.75) is 38.0 Å². The Bertz CT molecular complexity index is 1010. The van der Waals surface area contributed by atoms with E-state index in [1.165, 1.54) is 19.2 Å². The van der Waals surface area contributed by atoms with Crippen molar-refractivity contribution in [3.8, 4) is 11.1 Å². The monoisotopic (exact) mass is 464 g/mol. The second-order valence-corrected chi connectivity index (χ2v) is 8.01. The number of alkyl carbamates (subject to hydrolysis) is 1. The highest BCUT2D eigenvalue weighted by molar-refractivity contribution is 5.89. The summed E-state index contributed by atoms with van der Waals surface area (Å²) in [6.45, 7) is 2.95. The van der Waals surface area contributed by atoms with Crippen molar-refractivity contribution in [1.82, 2.24) is 10.6 Å². The quantitative estimate of drug-likeness (QED) is 0.580. The van der Waals surface area contributed by atoms with Gasteiger partial charge in [-0.05, 0) is 28.2 Å². The Morgan fingerprint density at radius 3 is 1.94 bits per heavy atom. The molecule has 33 heavy (non-hydrogen) atoms. The predicted molar refractivity (Wildman–Crippen MR) is 112 cm³/mol. The van der Waals surface area contributed by atoms with Gasteiger partial charge in [-0.3, -0.25) is 4.79 Å². The van der Waals surface area contributed by atoms with E-state index in [1.807, 2.05) is 48.5 Å². The summed E-state index contributed by atoms with van der Waals surface area (Å²) >= 11 is 0. The summed E-state index contributed by atoms with van der Waals surface area (Å²) in [5.41, 5.74) is 3.99. The lowest BCUT2D eigenvalue weighted by molar-refractivity contribution is -0.182. The smallest absolute Gasteiger partial charge is 0.419 e. The Labute approximate surface area is 187 Å². The molecule has 2 amide bonds. The zero-order valence-corrected chi connectivity index (χ0v) is 17.8. The van der Waals surface area contributed by atoms with Crippen LogP contribution in [-0.2, 0) is 14.3 Å². The molecule has 0 aromatic heterocycles. The Kier molecular flexibility index (Phi) is 6.95. The number of carboxylic acids is 1. The van der Waals surface area contributed by atoms with Gasteiger partial charge in [0.2, 0.25) is 11.9 Å². The summed E-state index contributed by atoms with van der Waals surface area (Å²) in [4.78, 5) is 35.6. The molecule has 0 saturated carbocycles. The summed E-state index contributed by atoms with van der Waals surface area (Å²) in [5.74, 6) is -4.40. The van der Waals surface area contributed by atoms with E-state index in [-0.39, 0.29) is 12.5 Å². The number of aliphatic carboxylic acids is 1. The molecule has 0 aliphatic heterocycles. The van der Waals surface area contributed by atoms with E-state index in [9.17, 15) is 27.6 Å². The summed E-state index contributed by atoms with van der Waals surface area (Å²) in [6.07, 6.45) is -6.18. The Morgan fingerprint density at radius 2 is 1.48 bits per heavy atom. The van der Waals surface area contributed by atoms with Crippen molar-refractivity contribution in [3.05, 3.63) is 59.7 Å². The number of nitrogens with one attached hydrogen (secondary N) is 2. The Balaban J connectivity index is 1.68. The molecule has 10 heteroatoms. The van der Waals surface area contributed by atoms with Gasteiger partial charge in [-0.25, -0.2) is 9.59 Å². The van der Waals surface area contributed by atoms with Gasteiger partial charge in [-0.15, -0.1) is 0 Å². The van der Waals surface area contributed by atoms with E-state index in [1.54, 1.807) is 0 Å². The van der Waals surface area contributed by atoms with Crippen LogP contribution in [0.1, 0.15) is 30.9 Å². The molecule has 0 saturated heterocycles. The average molecular weight is 464 g/mol. The lowest BCUT2D eigenvalue weighted by Gasteiger charge is -2.25. The molecule has 2 atom stereocenters. The first-order valence-electron chi connectivity index (χ1n) is 10.2. The zero-order valence-electron chi connectivity index (χ0n) is 17.8. The number of fused-ring (bicyclic) bond motifs is 3. The highest BCUT2D eigenvalue weighted by atomic mass is 19.4. The molecule has 7 nitrogen and oxygen atoms in total. The van der Waals surface area contributed by atoms with E-state index >= 15 is 0 Å². The predicted octanol–water partition coefficient (Wildman–Crippen LogP) is 3.68. The van der Waals surface area contributed by atoms with Gasteiger partial charge in [-0.2, -0.15) is 13.2 Å². The number of rotatable bonds is 7. The largest absolute Gasteiger partial charge is 0.479 e. The number of carboxylic acid groups (broad SMARTS) is 1. The minimum absolute atomic E-state index is 0.0490. The third-order valence-corrected chi connectivity index (χ3v) is 5.43. The SMILES string of the molecule is CC(C)C(NC(=O)OCC1c2ccccc2-c2ccccc21)C(=O)NC(C(=O)O)C(F)(F)F. The average Bonchev–Trinajstić information content (AvgIpc) is 3.06. The molecule has 2 unspecified atom stereocenters. The second kappa shape index (κ2) is 9.51. The first-order valence-corrected chi connectivity index (χ1v) is 10.2. The van der Waals surface area contributed by atoms with Crippen molar-refractivity contribution < 1.29 is 37.4 Å². The molecule has 176 valence electrons. The number of alkyl halides is 3. The number of carbonyl (C=O) groups is 3. The van der Waals surface area contributed by atoms with Crippen LogP contribution in [0.2, 0.25) is 0 Å². The zero-order chi connectivity index (χ0) is 24.3. The highest BCUT2D eigenvalue weighted by Crippen LogP contribution is 2.44. The number of halogens is 3. The fraction of sp³-hybridized carbons (Fsp3) is 0.348. The molecule has 1 aliphatic rings. The van der Waals surface area contributed by atoms with Gasteiger partial charge in [0.15, 0.2) is 0 Å². The lowest BCUT2D eigenvalue weighted by Crippen LogP contribution is -2.57. The van der Waals surface area contributed by atoms with Gasteiger partial charge in [0.05, 0.1) is 0 Å². The van der Waals surface area contributed by atoms with Gasteiger partial charge in [0, 0.05) is 5.92 Å². The van der Waals surface area contributed by atoms with Crippen LogP contribution in [0.15, 0.2) is 48.5 Å². The number of carbonyl (C=O) groups excluding carboxylic acids is 2. The van der Waals surface area contributed by atoms with Crippen molar-refractivity contribution in [2.24, 2.45) is 5.92 Å². The maximum atomic E-state index is 12.9. The maximum absolute atomic E-state index is 12.9. The van der Waals surface area contributed by atoms with E-state index in [4.69, 9.17) is 9.84 Å². The molecule has 0 spiro atoms. The molecular weight excluding hydrogens is 441 g/mol. The maximum Gasteiger partial charge on any atom is 0.419 e. The molecule has 0 fully saturated rings. The van der Waals surface area contributed by atoms with Gasteiger partial charge < -0.3 is 20.5 Å². The Morgan fingerprint density at radius 1 is 0.970 bits per heavy atom. The van der Waals surface area contributed by atoms with E-state index < -0.39 is 42.1 Å². The Hall–Kier alpha value is -3.56. The van der Waals surface area contributed by atoms with Gasteiger partial charge in [0.25, 0.3) is 0 Å². The summed E-state index contributed by atoms with van der Waals surface area (Å²) in [7, 11) is 0. The minimum atomic E-state index is -5.19. The molecule has 2 aromatic carbocycles. The van der Waals surface area contributed by atoms with Crippen LogP contribution in [-0.4, -0.2) is 47.9 Å². The van der Waals surface area contributed by atoms with Crippen LogP contribution in [0.4, 0.5) is 18.0 Å². The van der Waals surface area contributed by atoms with Crippen LogP contribution in [0.25, 0.3) is 11.1 Å². The summed E-state index contributed by atoms with van der Waals surface area (Å²) in [6, 6.07) is 10.8. The number of amides is 2. The van der Waals surface area contributed by atoms with Gasteiger partial charge in [0.1, 0.15) is 12.6 Å². The van der Waals surface area contributed by atoms with Crippen LogP contribution < -0.4 is 10.6 Å². The highest BCUT2D eigenvalue weighted by Gasteiger charge is 2.47. The molecule has 3 N–H and O–H groups in total. The van der Waals surface area contributed by atoms with Crippen LogP contribution >= 0.6 is 0 Å². The first kappa shape index (κ1) is 24.1. The van der Waals surface area contributed by atoms with Crippen molar-refractivity contribution in [1.29, 1.82) is 0 Å². The molecule has 0 radical (unpaired) electrons. The third-order valence-electron chi connectivity index (χ3n) is 5.43. The molecule has 2 aromatic rings. The van der Waals surface area contributed by atoms with Crippen molar-refractivity contribution in [2.75, 3.05) is 6.61 Å². The molecule has 1 aliphatic carbocycles. The van der Waals surface area contributed by atoms with Crippen molar-refractivity contribution >= 4 is 18.0 Å². The van der Waals surface area contributed by atoms with Crippen molar-refractivity contribution in [3.63, 3.8) is 0 Å². The lowest BCUT2D eigenvalue weighted by atomic mass is 9.98. The van der Waals surface area contributed by atoms with E-state index in [0.29, 0.717) is 0 Å². The number of benzene rings is 2. The third kappa shape index (κ3) is 5.27. The topological polar surface area (TPSA) is 105 Å². The number of ether oxygens (including phenoxy) is 1. The van der Waals surface area contributed by atoms with Crippen LogP contribution in [0.5, 0.6) is 0 Å². The standard InChI is InChI=1S/C23H23F3N2O5/c1-12(2)18(20(29)28-19(21(30)31)23(24,25)26)27-22(32)33-11-17-15-9-5-3-7-13(15)14-8-4-6-10-16(14)17/h3-10,12,17-19H,11H2,1-2H3,(H,27,32)(H,28,29)(H,30,31). The summed E-state index contributed by atoms with van der Waals surface area (Å²) < 4.78 is 44.0. The van der Waals surface area contributed by atoms with Gasteiger partial charge in [-0.1, -0.05) is 62.4 Å². The second-order valence-electron chi connectivity index (χ2n) is 8.01. The molecular formula is C23H23F3N2O5. The van der Waals surface area contributed by atoms with Gasteiger partial charge >= 0.3 is 18.2 Å². The molecule has 0 bridgehead atoms. The van der Waals surface area contributed by atoms with E-state index in [2.05, 4.69) is 5.32 Å². The fourth-order valence-corrected chi connectivity index (χ4v) is 3.82. The summed E-state index contributed by atoms with van der Waals surface area (Å²) in [5, 5.41) is 12.5. The normalized spacial score (nSPS) is 14.7. The fourth-order valence-electron chi connectivity index (χ4n) is 3.82. The first-order chi connectivity index (χ1) is 15.5. The van der Waals surface area contributed by atoms with Crippen LogP contribution in [0, 0.1) is 5.92 Å². The molecule has 3 rings (SSSR count).